The molecule has 1 atom stereocenters. The van der Waals surface area contributed by atoms with Gasteiger partial charge >= 0.3 is 0 Å². The Morgan fingerprint density at radius 2 is 2.06 bits per heavy atom. The van der Waals surface area contributed by atoms with E-state index < -0.39 is 0 Å². The number of anilines is 2. The Labute approximate surface area is 103 Å². The molecule has 0 aromatic carbocycles. The lowest BCUT2D eigenvalue weighted by molar-refractivity contribution is 0.276. The Morgan fingerprint density at radius 3 is 2.65 bits per heavy atom. The smallest absolute Gasteiger partial charge is 0.150 e. The van der Waals surface area contributed by atoms with Gasteiger partial charge in [0.2, 0.25) is 0 Å². The molecule has 96 valence electrons. The standard InChI is InChI=1S/C12H23N5/c1-10(15(2)3)9-17-12(11(13)8-14-17)16-6-4-5-7-16/h8,10H,4-7,9,13H2,1-3H3. The van der Waals surface area contributed by atoms with Crippen molar-refractivity contribution in [1.29, 1.82) is 0 Å². The molecule has 1 aromatic rings. The SMILES string of the molecule is CC(Cn1ncc(N)c1N1CCCC1)N(C)C. The van der Waals surface area contributed by atoms with E-state index in [0.717, 1.165) is 31.1 Å². The fourth-order valence-electron chi connectivity index (χ4n) is 2.22. The fourth-order valence-corrected chi connectivity index (χ4v) is 2.22. The molecule has 1 aromatic heterocycles. The van der Waals surface area contributed by atoms with E-state index in [1.54, 1.807) is 6.20 Å². The maximum Gasteiger partial charge on any atom is 0.150 e. The van der Waals surface area contributed by atoms with Gasteiger partial charge < -0.3 is 15.5 Å². The van der Waals surface area contributed by atoms with Crippen molar-refractivity contribution in [3.8, 4) is 0 Å². The molecule has 1 saturated heterocycles. The van der Waals surface area contributed by atoms with Crippen LogP contribution in [0.15, 0.2) is 6.20 Å². The minimum atomic E-state index is 0.454. The molecule has 0 radical (unpaired) electrons. The zero-order valence-corrected chi connectivity index (χ0v) is 11.1. The van der Waals surface area contributed by atoms with Crippen molar-refractivity contribution in [2.24, 2.45) is 0 Å². The van der Waals surface area contributed by atoms with Gasteiger partial charge in [-0.15, -0.1) is 0 Å². The molecular formula is C12H23N5. The van der Waals surface area contributed by atoms with Crippen LogP contribution in [0.2, 0.25) is 0 Å². The predicted molar refractivity (Wildman–Crippen MR) is 71.2 cm³/mol. The normalized spacial score (nSPS) is 18.0. The van der Waals surface area contributed by atoms with Crippen molar-refractivity contribution >= 4 is 11.5 Å². The maximum atomic E-state index is 6.03. The van der Waals surface area contributed by atoms with Crippen LogP contribution in [0.3, 0.4) is 0 Å². The lowest BCUT2D eigenvalue weighted by Crippen LogP contribution is -2.31. The summed E-state index contributed by atoms with van der Waals surface area (Å²) in [4.78, 5) is 4.55. The Bertz CT molecular complexity index is 365. The van der Waals surface area contributed by atoms with Crippen LogP contribution in [0.25, 0.3) is 0 Å². The summed E-state index contributed by atoms with van der Waals surface area (Å²) in [7, 11) is 4.18. The van der Waals surface area contributed by atoms with Gasteiger partial charge in [0.1, 0.15) is 5.82 Å². The van der Waals surface area contributed by atoms with E-state index in [2.05, 4.69) is 35.9 Å². The number of nitrogens with zero attached hydrogens (tertiary/aromatic N) is 4. The van der Waals surface area contributed by atoms with E-state index in [9.17, 15) is 0 Å². The van der Waals surface area contributed by atoms with Crippen molar-refractivity contribution in [3.05, 3.63) is 6.20 Å². The van der Waals surface area contributed by atoms with Crippen LogP contribution >= 0.6 is 0 Å². The highest BCUT2D eigenvalue weighted by Gasteiger charge is 2.20. The monoisotopic (exact) mass is 237 g/mol. The molecule has 17 heavy (non-hydrogen) atoms. The molecule has 1 unspecified atom stereocenters. The third-order valence-electron chi connectivity index (χ3n) is 3.56. The quantitative estimate of drug-likeness (QED) is 0.849. The van der Waals surface area contributed by atoms with Gasteiger partial charge in [-0.25, -0.2) is 4.68 Å². The second kappa shape index (κ2) is 4.96. The molecule has 2 heterocycles. The molecule has 0 amide bonds. The number of nitrogens with two attached hydrogens (primary N) is 1. The Kier molecular flexibility index (Phi) is 3.57. The van der Waals surface area contributed by atoms with Gasteiger partial charge in [-0.3, -0.25) is 0 Å². The van der Waals surface area contributed by atoms with Crippen molar-refractivity contribution in [2.75, 3.05) is 37.8 Å². The summed E-state index contributed by atoms with van der Waals surface area (Å²) in [6, 6.07) is 0.454. The van der Waals surface area contributed by atoms with Crippen LogP contribution in [0, 0.1) is 0 Å². The molecule has 0 aliphatic carbocycles. The van der Waals surface area contributed by atoms with Gasteiger partial charge in [-0.05, 0) is 33.9 Å². The van der Waals surface area contributed by atoms with Gasteiger partial charge in [-0.1, -0.05) is 0 Å². The molecule has 0 saturated carbocycles. The van der Waals surface area contributed by atoms with Gasteiger partial charge in [0.05, 0.1) is 18.4 Å². The molecular weight excluding hydrogens is 214 g/mol. The number of rotatable bonds is 4. The van der Waals surface area contributed by atoms with Gasteiger partial charge in [0, 0.05) is 19.1 Å². The molecule has 1 aliphatic rings. The second-order valence-corrected chi connectivity index (χ2v) is 5.11. The summed E-state index contributed by atoms with van der Waals surface area (Å²) < 4.78 is 2.05. The first-order valence-electron chi connectivity index (χ1n) is 6.32. The largest absolute Gasteiger partial charge is 0.394 e. The minimum absolute atomic E-state index is 0.454. The van der Waals surface area contributed by atoms with Gasteiger partial charge in [-0.2, -0.15) is 5.10 Å². The lowest BCUT2D eigenvalue weighted by Gasteiger charge is -2.24. The molecule has 0 bridgehead atoms. The molecule has 2 rings (SSSR count). The molecule has 5 nitrogen and oxygen atoms in total. The summed E-state index contributed by atoms with van der Waals surface area (Å²) in [5.41, 5.74) is 6.84. The predicted octanol–water partition coefficient (Wildman–Crippen LogP) is 1.02. The number of hydrogen-bond acceptors (Lipinski definition) is 4. The summed E-state index contributed by atoms with van der Waals surface area (Å²) in [6.45, 7) is 5.29. The minimum Gasteiger partial charge on any atom is -0.394 e. The summed E-state index contributed by atoms with van der Waals surface area (Å²) >= 11 is 0. The highest BCUT2D eigenvalue weighted by molar-refractivity contribution is 5.62. The van der Waals surface area contributed by atoms with Crippen LogP contribution < -0.4 is 10.6 Å². The summed E-state index contributed by atoms with van der Waals surface area (Å²) in [5.74, 6) is 1.11. The van der Waals surface area contributed by atoms with Crippen molar-refractivity contribution in [1.82, 2.24) is 14.7 Å². The highest BCUT2D eigenvalue weighted by atomic mass is 15.4. The van der Waals surface area contributed by atoms with E-state index in [-0.39, 0.29) is 0 Å². The number of aromatic nitrogens is 2. The highest BCUT2D eigenvalue weighted by Crippen LogP contribution is 2.26. The van der Waals surface area contributed by atoms with Crippen molar-refractivity contribution in [2.45, 2.75) is 32.4 Å². The van der Waals surface area contributed by atoms with Crippen molar-refractivity contribution < 1.29 is 0 Å². The Balaban J connectivity index is 2.16. The van der Waals surface area contributed by atoms with E-state index in [1.807, 2.05) is 4.68 Å². The summed E-state index contributed by atoms with van der Waals surface area (Å²) in [6.07, 6.45) is 4.29. The Hall–Kier alpha value is -1.23. The zero-order chi connectivity index (χ0) is 12.4. The maximum absolute atomic E-state index is 6.03. The first kappa shape index (κ1) is 12.2. The first-order valence-corrected chi connectivity index (χ1v) is 6.32. The fraction of sp³-hybridized carbons (Fsp3) is 0.750. The molecule has 1 aliphatic heterocycles. The lowest BCUT2D eigenvalue weighted by atomic mass is 10.3. The van der Waals surface area contributed by atoms with Crippen LogP contribution in [0.1, 0.15) is 19.8 Å². The van der Waals surface area contributed by atoms with Crippen LogP contribution in [-0.2, 0) is 6.54 Å². The number of nitrogen functional groups attached to an aromatic ring is 1. The summed E-state index contributed by atoms with van der Waals surface area (Å²) in [5, 5.41) is 4.41. The first-order chi connectivity index (χ1) is 8.09. The average Bonchev–Trinajstić information content (AvgIpc) is 2.88. The molecule has 5 heteroatoms. The van der Waals surface area contributed by atoms with E-state index in [1.165, 1.54) is 12.8 Å². The van der Waals surface area contributed by atoms with Crippen LogP contribution in [0.4, 0.5) is 11.5 Å². The Morgan fingerprint density at radius 1 is 1.41 bits per heavy atom. The van der Waals surface area contributed by atoms with Crippen molar-refractivity contribution in [3.63, 3.8) is 0 Å². The average molecular weight is 237 g/mol. The molecule has 2 N–H and O–H groups in total. The number of likely N-dealkylation sites (N-methyl/N-ethyl adjacent to an activating group) is 1. The van der Waals surface area contributed by atoms with E-state index >= 15 is 0 Å². The van der Waals surface area contributed by atoms with E-state index in [4.69, 9.17) is 5.73 Å². The zero-order valence-electron chi connectivity index (χ0n) is 11.1. The topological polar surface area (TPSA) is 50.3 Å². The second-order valence-electron chi connectivity index (χ2n) is 5.11. The van der Waals surface area contributed by atoms with Gasteiger partial charge in [0.15, 0.2) is 0 Å². The third-order valence-corrected chi connectivity index (χ3v) is 3.56. The van der Waals surface area contributed by atoms with Crippen LogP contribution in [0.5, 0.6) is 0 Å². The van der Waals surface area contributed by atoms with E-state index in [0.29, 0.717) is 6.04 Å². The van der Waals surface area contributed by atoms with Gasteiger partial charge in [0.25, 0.3) is 0 Å². The third kappa shape index (κ3) is 2.54. The van der Waals surface area contributed by atoms with Crippen LogP contribution in [-0.4, -0.2) is 47.9 Å². The number of hydrogen-bond donors (Lipinski definition) is 1. The molecule has 1 fully saturated rings. The molecule has 0 spiro atoms.